The molecule has 0 aromatic carbocycles. The summed E-state index contributed by atoms with van der Waals surface area (Å²) in [6.07, 6.45) is 8.35. The summed E-state index contributed by atoms with van der Waals surface area (Å²) in [6, 6.07) is 0. The molecule has 0 aliphatic carbocycles. The minimum absolute atomic E-state index is 0.794. The molecule has 0 aromatic heterocycles. The average Bonchev–Trinajstić information content (AvgIpc) is 2.41. The molecular formula is C14H30O3. The molecular weight excluding hydrogens is 216 g/mol. The van der Waals surface area contributed by atoms with E-state index in [0.717, 1.165) is 12.8 Å². The van der Waals surface area contributed by atoms with Crippen LogP contribution >= 0.6 is 0 Å². The summed E-state index contributed by atoms with van der Waals surface area (Å²) in [5.74, 6) is -0.829. The summed E-state index contributed by atoms with van der Waals surface area (Å²) < 4.78 is 15.7. The van der Waals surface area contributed by atoms with Crippen molar-refractivity contribution in [2.45, 2.75) is 57.8 Å². The molecule has 0 unspecified atom stereocenters. The third-order valence-corrected chi connectivity index (χ3v) is 2.77. The van der Waals surface area contributed by atoms with Crippen LogP contribution in [0.4, 0.5) is 0 Å². The number of ether oxygens (including phenoxy) is 3. The minimum Gasteiger partial charge on any atom is -0.331 e. The smallest absolute Gasteiger partial charge is 0.282 e. The molecule has 0 spiro atoms. The fraction of sp³-hybridized carbons (Fsp3) is 0.857. The third kappa shape index (κ3) is 9.33. The zero-order valence-corrected chi connectivity index (χ0v) is 12.1. The van der Waals surface area contributed by atoms with Crippen LogP contribution in [0.15, 0.2) is 13.2 Å². The highest BCUT2D eigenvalue weighted by Gasteiger charge is 2.28. The van der Waals surface area contributed by atoms with Crippen LogP contribution in [0.5, 0.6) is 0 Å². The van der Waals surface area contributed by atoms with Crippen LogP contribution in [0.2, 0.25) is 0 Å². The molecule has 0 aliphatic heterocycles. The first-order valence-electron chi connectivity index (χ1n) is 6.40. The second-order valence-corrected chi connectivity index (χ2v) is 3.81. The van der Waals surface area contributed by atoms with E-state index < -0.39 is 5.97 Å². The molecule has 0 heterocycles. The summed E-state index contributed by atoms with van der Waals surface area (Å²) in [7, 11) is 4.85. The van der Waals surface area contributed by atoms with Gasteiger partial charge in [-0.3, -0.25) is 0 Å². The second-order valence-electron chi connectivity index (χ2n) is 3.81. The topological polar surface area (TPSA) is 27.7 Å². The van der Waals surface area contributed by atoms with Crippen molar-refractivity contribution in [1.29, 1.82) is 0 Å². The predicted octanol–water partition coefficient (Wildman–Crippen LogP) is 4.13. The summed E-state index contributed by atoms with van der Waals surface area (Å²) in [5, 5.41) is 0. The Morgan fingerprint density at radius 2 is 1.18 bits per heavy atom. The lowest BCUT2D eigenvalue weighted by molar-refractivity contribution is -0.355. The van der Waals surface area contributed by atoms with E-state index in [2.05, 4.69) is 20.1 Å². The van der Waals surface area contributed by atoms with Gasteiger partial charge in [-0.05, 0) is 6.42 Å². The van der Waals surface area contributed by atoms with Gasteiger partial charge in [0.25, 0.3) is 5.97 Å². The number of hydrogen-bond acceptors (Lipinski definition) is 3. The standard InChI is InChI=1S/C12H26O3.C2H4/c1-5-6-7-8-9-10-11-12(13-2,14-3)15-4;1-2/h5-11H2,1-4H3;1-2H2. The van der Waals surface area contributed by atoms with E-state index >= 15 is 0 Å². The number of unbranched alkanes of at least 4 members (excludes halogenated alkanes) is 5. The van der Waals surface area contributed by atoms with Gasteiger partial charge in [0.15, 0.2) is 0 Å². The maximum atomic E-state index is 5.22. The van der Waals surface area contributed by atoms with Gasteiger partial charge in [0, 0.05) is 27.8 Å². The van der Waals surface area contributed by atoms with Gasteiger partial charge >= 0.3 is 0 Å². The lowest BCUT2D eigenvalue weighted by atomic mass is 10.1. The van der Waals surface area contributed by atoms with Gasteiger partial charge in [-0.25, -0.2) is 0 Å². The van der Waals surface area contributed by atoms with Gasteiger partial charge in [0.1, 0.15) is 0 Å². The van der Waals surface area contributed by atoms with Crippen LogP contribution in [0.25, 0.3) is 0 Å². The zero-order chi connectivity index (χ0) is 13.6. The van der Waals surface area contributed by atoms with Crippen LogP contribution in [-0.4, -0.2) is 27.3 Å². The molecule has 3 nitrogen and oxygen atoms in total. The van der Waals surface area contributed by atoms with Crippen molar-refractivity contribution in [1.82, 2.24) is 0 Å². The van der Waals surface area contributed by atoms with E-state index in [-0.39, 0.29) is 0 Å². The summed E-state index contributed by atoms with van der Waals surface area (Å²) >= 11 is 0. The zero-order valence-electron chi connectivity index (χ0n) is 12.1. The molecule has 0 aliphatic rings. The Balaban J connectivity index is 0. The summed E-state index contributed by atoms with van der Waals surface area (Å²) in [5.41, 5.74) is 0. The average molecular weight is 246 g/mol. The van der Waals surface area contributed by atoms with Crippen LogP contribution in [0, 0.1) is 0 Å². The predicted molar refractivity (Wildman–Crippen MR) is 73.0 cm³/mol. The SMILES string of the molecule is C=C.CCCCCCCCC(OC)(OC)OC. The van der Waals surface area contributed by atoms with E-state index in [0.29, 0.717) is 0 Å². The first-order valence-corrected chi connectivity index (χ1v) is 6.40. The fourth-order valence-corrected chi connectivity index (χ4v) is 1.68. The number of rotatable bonds is 10. The lowest BCUT2D eigenvalue weighted by Gasteiger charge is -2.28. The molecule has 0 atom stereocenters. The maximum Gasteiger partial charge on any atom is 0.282 e. The van der Waals surface area contributed by atoms with Crippen LogP contribution in [0.3, 0.4) is 0 Å². The molecule has 0 saturated carbocycles. The Morgan fingerprint density at radius 1 is 0.765 bits per heavy atom. The number of methoxy groups -OCH3 is 3. The molecule has 0 aromatic rings. The van der Waals surface area contributed by atoms with E-state index in [4.69, 9.17) is 14.2 Å². The highest BCUT2D eigenvalue weighted by molar-refractivity contribution is 4.56. The van der Waals surface area contributed by atoms with Gasteiger partial charge in [0.2, 0.25) is 0 Å². The van der Waals surface area contributed by atoms with Gasteiger partial charge in [-0.1, -0.05) is 39.0 Å². The molecule has 0 fully saturated rings. The molecule has 0 bridgehead atoms. The molecule has 0 amide bonds. The quantitative estimate of drug-likeness (QED) is 0.329. The Hall–Kier alpha value is -0.380. The van der Waals surface area contributed by atoms with Gasteiger partial charge in [-0.2, -0.15) is 0 Å². The molecule has 0 N–H and O–H groups in total. The highest BCUT2D eigenvalue weighted by Crippen LogP contribution is 2.21. The van der Waals surface area contributed by atoms with Gasteiger partial charge in [-0.15, -0.1) is 13.2 Å². The second kappa shape index (κ2) is 13.7. The normalized spacial score (nSPS) is 10.8. The fourth-order valence-electron chi connectivity index (χ4n) is 1.68. The third-order valence-electron chi connectivity index (χ3n) is 2.77. The van der Waals surface area contributed by atoms with E-state index in [1.54, 1.807) is 21.3 Å². The summed E-state index contributed by atoms with van der Waals surface area (Å²) in [4.78, 5) is 0. The van der Waals surface area contributed by atoms with Crippen molar-refractivity contribution in [2.24, 2.45) is 0 Å². The first kappa shape index (κ1) is 19.0. The monoisotopic (exact) mass is 246 g/mol. The van der Waals surface area contributed by atoms with Crippen molar-refractivity contribution < 1.29 is 14.2 Å². The highest BCUT2D eigenvalue weighted by atomic mass is 16.9. The van der Waals surface area contributed by atoms with Crippen LogP contribution in [-0.2, 0) is 14.2 Å². The number of hydrogen-bond donors (Lipinski definition) is 0. The van der Waals surface area contributed by atoms with Crippen molar-refractivity contribution in [3.05, 3.63) is 13.2 Å². The van der Waals surface area contributed by atoms with Crippen molar-refractivity contribution >= 4 is 0 Å². The Labute approximate surface area is 107 Å². The van der Waals surface area contributed by atoms with Crippen molar-refractivity contribution in [2.75, 3.05) is 21.3 Å². The molecule has 104 valence electrons. The Bertz CT molecular complexity index is 136. The molecule has 3 heteroatoms. The molecule has 0 saturated heterocycles. The van der Waals surface area contributed by atoms with E-state index in [1.165, 1.54) is 32.1 Å². The maximum absolute atomic E-state index is 5.22. The Kier molecular flexibility index (Phi) is 15.3. The Morgan fingerprint density at radius 3 is 1.59 bits per heavy atom. The minimum atomic E-state index is -0.829. The lowest BCUT2D eigenvalue weighted by Crippen LogP contribution is -2.35. The largest absolute Gasteiger partial charge is 0.331 e. The van der Waals surface area contributed by atoms with Gasteiger partial charge in [0.05, 0.1) is 0 Å². The molecule has 0 radical (unpaired) electrons. The van der Waals surface area contributed by atoms with Crippen molar-refractivity contribution in [3.63, 3.8) is 0 Å². The first-order chi connectivity index (χ1) is 8.24. The summed E-state index contributed by atoms with van der Waals surface area (Å²) in [6.45, 7) is 8.23. The van der Waals surface area contributed by atoms with E-state index in [9.17, 15) is 0 Å². The van der Waals surface area contributed by atoms with Gasteiger partial charge < -0.3 is 14.2 Å². The van der Waals surface area contributed by atoms with Crippen LogP contribution < -0.4 is 0 Å². The van der Waals surface area contributed by atoms with E-state index in [1.807, 2.05) is 0 Å². The molecule has 0 rings (SSSR count). The van der Waals surface area contributed by atoms with Crippen molar-refractivity contribution in [3.8, 4) is 0 Å². The molecule has 17 heavy (non-hydrogen) atoms. The van der Waals surface area contributed by atoms with Crippen LogP contribution in [0.1, 0.15) is 51.9 Å².